The van der Waals surface area contributed by atoms with Crippen molar-refractivity contribution in [3.05, 3.63) is 23.5 Å². The molecule has 0 N–H and O–H groups in total. The van der Waals surface area contributed by atoms with E-state index >= 15 is 0 Å². The topological polar surface area (TPSA) is 77.3 Å². The van der Waals surface area contributed by atoms with Crippen molar-refractivity contribution in [2.24, 2.45) is 5.92 Å². The fourth-order valence-corrected chi connectivity index (χ4v) is 4.57. The first-order chi connectivity index (χ1) is 13.6. The lowest BCUT2D eigenvalue weighted by molar-refractivity contribution is -0.142. The van der Waals surface area contributed by atoms with Gasteiger partial charge in [0.1, 0.15) is 0 Å². The monoisotopic (exact) mass is 384 g/mol. The number of carbonyl (C=O) groups is 2. The summed E-state index contributed by atoms with van der Waals surface area (Å²) in [5.74, 6) is 0.161. The number of pyridine rings is 1. The highest BCUT2D eigenvalue weighted by atomic mass is 16.5. The van der Waals surface area contributed by atoms with Crippen LogP contribution in [0.5, 0.6) is 0 Å². The molecule has 0 aromatic carbocycles. The molecule has 1 amide bonds. The predicted molar refractivity (Wildman–Crippen MR) is 105 cm³/mol. The van der Waals surface area contributed by atoms with E-state index in [4.69, 9.17) is 9.72 Å². The Bertz CT molecular complexity index is 877. The second-order valence-corrected chi connectivity index (χ2v) is 8.09. The second-order valence-electron chi connectivity index (χ2n) is 8.09. The minimum Gasteiger partial charge on any atom is -0.469 e. The van der Waals surface area contributed by atoms with Crippen LogP contribution in [-0.2, 0) is 9.53 Å². The second kappa shape index (κ2) is 7.89. The Morgan fingerprint density at radius 2 is 1.89 bits per heavy atom. The summed E-state index contributed by atoms with van der Waals surface area (Å²) in [4.78, 5) is 31.3. The van der Waals surface area contributed by atoms with E-state index in [2.05, 4.69) is 5.10 Å². The first kappa shape index (κ1) is 18.9. The number of amides is 1. The van der Waals surface area contributed by atoms with E-state index < -0.39 is 0 Å². The zero-order chi connectivity index (χ0) is 19.7. The Hall–Kier alpha value is -2.44. The van der Waals surface area contributed by atoms with Crippen molar-refractivity contribution in [3.8, 4) is 0 Å². The molecule has 1 saturated carbocycles. The lowest BCUT2D eigenvalue weighted by Gasteiger charge is -2.31. The van der Waals surface area contributed by atoms with Crippen molar-refractivity contribution in [3.63, 3.8) is 0 Å². The zero-order valence-electron chi connectivity index (χ0n) is 16.7. The lowest BCUT2D eigenvalue weighted by Crippen LogP contribution is -2.39. The van der Waals surface area contributed by atoms with Crippen LogP contribution in [0.4, 0.5) is 0 Å². The molecule has 7 heteroatoms. The zero-order valence-corrected chi connectivity index (χ0v) is 16.7. The average Bonchev–Trinajstić information content (AvgIpc) is 3.36. The van der Waals surface area contributed by atoms with Crippen LogP contribution in [0.2, 0.25) is 0 Å². The van der Waals surface area contributed by atoms with Crippen LogP contribution in [0.25, 0.3) is 11.0 Å². The van der Waals surface area contributed by atoms with Crippen LogP contribution in [-0.4, -0.2) is 51.7 Å². The van der Waals surface area contributed by atoms with Crippen molar-refractivity contribution in [2.45, 2.75) is 57.9 Å². The van der Waals surface area contributed by atoms with Crippen LogP contribution in [0, 0.1) is 12.8 Å². The number of hydrogen-bond donors (Lipinski definition) is 0. The van der Waals surface area contributed by atoms with E-state index in [1.807, 2.05) is 22.6 Å². The van der Waals surface area contributed by atoms with Gasteiger partial charge in [-0.15, -0.1) is 0 Å². The molecule has 1 aliphatic heterocycles. The van der Waals surface area contributed by atoms with Gasteiger partial charge in [0.05, 0.1) is 30.3 Å². The molecule has 2 fully saturated rings. The van der Waals surface area contributed by atoms with Gasteiger partial charge < -0.3 is 9.64 Å². The molecule has 3 heterocycles. The molecule has 0 radical (unpaired) electrons. The van der Waals surface area contributed by atoms with E-state index in [0.29, 0.717) is 37.0 Å². The molecular formula is C21H28N4O3. The van der Waals surface area contributed by atoms with Gasteiger partial charge in [-0.05, 0) is 44.6 Å². The lowest BCUT2D eigenvalue weighted by atomic mass is 9.93. The third-order valence-electron chi connectivity index (χ3n) is 6.18. The standard InChI is InChI=1S/C21H28N4O3/c1-14-11-17(18-13-22-25(20(18)23-14)16-5-3-4-6-16)21(27)24-9-7-15(8-10-24)12-19(26)28-2/h11,13,15-16H,3-10,12H2,1-2H3. The third kappa shape index (κ3) is 3.62. The number of esters is 1. The molecule has 1 aliphatic carbocycles. The summed E-state index contributed by atoms with van der Waals surface area (Å²) in [6.07, 6.45) is 8.61. The molecule has 0 atom stereocenters. The highest BCUT2D eigenvalue weighted by Crippen LogP contribution is 2.32. The van der Waals surface area contributed by atoms with Crippen LogP contribution < -0.4 is 0 Å². The van der Waals surface area contributed by atoms with Gasteiger partial charge in [-0.25, -0.2) is 9.67 Å². The Morgan fingerprint density at radius 1 is 1.18 bits per heavy atom. The highest BCUT2D eigenvalue weighted by molar-refractivity contribution is 6.05. The largest absolute Gasteiger partial charge is 0.469 e. The molecule has 2 aromatic heterocycles. The summed E-state index contributed by atoms with van der Waals surface area (Å²) in [6.45, 7) is 3.27. The van der Waals surface area contributed by atoms with Crippen LogP contribution in [0.1, 0.15) is 67.0 Å². The summed E-state index contributed by atoms with van der Waals surface area (Å²) in [6, 6.07) is 2.27. The number of nitrogens with zero attached hydrogens (tertiary/aromatic N) is 4. The van der Waals surface area contributed by atoms with E-state index in [1.54, 1.807) is 6.20 Å². The van der Waals surface area contributed by atoms with Gasteiger partial charge in [-0.1, -0.05) is 12.8 Å². The maximum Gasteiger partial charge on any atom is 0.305 e. The van der Waals surface area contributed by atoms with Crippen LogP contribution in [0.15, 0.2) is 12.3 Å². The van der Waals surface area contributed by atoms with E-state index in [1.165, 1.54) is 20.0 Å². The molecular weight excluding hydrogens is 356 g/mol. The number of likely N-dealkylation sites (tertiary alicyclic amines) is 1. The number of fused-ring (bicyclic) bond motifs is 1. The van der Waals surface area contributed by atoms with Crippen molar-refractivity contribution in [1.29, 1.82) is 0 Å². The van der Waals surface area contributed by atoms with Gasteiger partial charge in [0.2, 0.25) is 0 Å². The van der Waals surface area contributed by atoms with Crippen molar-refractivity contribution in [1.82, 2.24) is 19.7 Å². The molecule has 1 saturated heterocycles. The predicted octanol–water partition coefficient (Wildman–Crippen LogP) is 3.27. The fraction of sp³-hybridized carbons (Fsp3) is 0.619. The third-order valence-corrected chi connectivity index (χ3v) is 6.18. The smallest absolute Gasteiger partial charge is 0.305 e. The minimum atomic E-state index is -0.171. The van der Waals surface area contributed by atoms with Crippen LogP contribution in [0.3, 0.4) is 0 Å². The summed E-state index contributed by atoms with van der Waals surface area (Å²) in [7, 11) is 1.42. The maximum absolute atomic E-state index is 13.3. The number of aromatic nitrogens is 3. The van der Waals surface area contributed by atoms with E-state index in [0.717, 1.165) is 42.4 Å². The molecule has 7 nitrogen and oxygen atoms in total. The fourth-order valence-electron chi connectivity index (χ4n) is 4.57. The quantitative estimate of drug-likeness (QED) is 0.756. The Morgan fingerprint density at radius 3 is 2.57 bits per heavy atom. The summed E-state index contributed by atoms with van der Waals surface area (Å²) in [5.41, 5.74) is 2.37. The van der Waals surface area contributed by atoms with Gasteiger partial charge in [0, 0.05) is 25.2 Å². The van der Waals surface area contributed by atoms with Gasteiger partial charge in [0.15, 0.2) is 5.65 Å². The number of piperidine rings is 1. The minimum absolute atomic E-state index is 0.0398. The molecule has 0 spiro atoms. The Labute approximate surface area is 165 Å². The average molecular weight is 384 g/mol. The first-order valence-corrected chi connectivity index (χ1v) is 10.3. The molecule has 28 heavy (non-hydrogen) atoms. The number of ether oxygens (including phenoxy) is 1. The van der Waals surface area contributed by atoms with Crippen molar-refractivity contribution < 1.29 is 14.3 Å². The van der Waals surface area contributed by atoms with E-state index in [-0.39, 0.29) is 11.9 Å². The summed E-state index contributed by atoms with van der Waals surface area (Å²) >= 11 is 0. The van der Waals surface area contributed by atoms with Crippen molar-refractivity contribution >= 4 is 22.9 Å². The number of hydrogen-bond acceptors (Lipinski definition) is 5. The van der Waals surface area contributed by atoms with E-state index in [9.17, 15) is 9.59 Å². The highest BCUT2D eigenvalue weighted by Gasteiger charge is 2.28. The van der Waals surface area contributed by atoms with Crippen molar-refractivity contribution in [2.75, 3.05) is 20.2 Å². The number of rotatable bonds is 4. The number of methoxy groups -OCH3 is 1. The first-order valence-electron chi connectivity index (χ1n) is 10.3. The van der Waals surface area contributed by atoms with Gasteiger partial charge >= 0.3 is 5.97 Å². The molecule has 0 unspecified atom stereocenters. The number of aryl methyl sites for hydroxylation is 1. The summed E-state index contributed by atoms with van der Waals surface area (Å²) < 4.78 is 6.79. The summed E-state index contributed by atoms with van der Waals surface area (Å²) in [5, 5.41) is 5.44. The molecule has 2 aliphatic rings. The molecule has 0 bridgehead atoms. The van der Waals surface area contributed by atoms with Gasteiger partial charge in [-0.3, -0.25) is 9.59 Å². The normalized spacial score (nSPS) is 18.7. The molecule has 4 rings (SSSR count). The molecule has 2 aromatic rings. The number of carbonyl (C=O) groups excluding carboxylic acids is 2. The maximum atomic E-state index is 13.3. The Kier molecular flexibility index (Phi) is 5.33. The Balaban J connectivity index is 1.54. The molecule has 150 valence electrons. The van der Waals surface area contributed by atoms with Gasteiger partial charge in [0.25, 0.3) is 5.91 Å². The van der Waals surface area contributed by atoms with Gasteiger partial charge in [-0.2, -0.15) is 5.10 Å². The SMILES string of the molecule is COC(=O)CC1CCN(C(=O)c2cc(C)nc3c2cnn3C2CCCC2)CC1. The van der Waals surface area contributed by atoms with Crippen LogP contribution >= 0.6 is 0 Å².